The number of aromatic nitrogens is 2. The second-order valence-corrected chi connectivity index (χ2v) is 3.86. The van der Waals surface area contributed by atoms with Crippen LogP contribution in [0.2, 0.25) is 0 Å². The van der Waals surface area contributed by atoms with Crippen LogP contribution in [0.4, 0.5) is 0 Å². The van der Waals surface area contributed by atoms with E-state index >= 15 is 0 Å². The first-order chi connectivity index (χ1) is 7.54. The molecule has 1 aromatic heterocycles. The molecule has 1 unspecified atom stereocenters. The molecule has 6 nitrogen and oxygen atoms in total. The van der Waals surface area contributed by atoms with E-state index in [-0.39, 0.29) is 5.92 Å². The van der Waals surface area contributed by atoms with Gasteiger partial charge in [0.25, 0.3) is 0 Å². The fourth-order valence-corrected chi connectivity index (χ4v) is 1.38. The Bertz CT molecular complexity index is 351. The quantitative estimate of drug-likeness (QED) is 0.778. The molecule has 0 saturated heterocycles. The zero-order valence-electron chi connectivity index (χ0n) is 9.80. The third kappa shape index (κ3) is 3.30. The molecule has 0 aliphatic carbocycles. The Morgan fingerprint density at radius 1 is 1.56 bits per heavy atom. The van der Waals surface area contributed by atoms with Crippen LogP contribution in [0.1, 0.15) is 25.2 Å². The van der Waals surface area contributed by atoms with Crippen molar-refractivity contribution in [3.63, 3.8) is 0 Å². The van der Waals surface area contributed by atoms with Crippen LogP contribution in [0.15, 0.2) is 4.63 Å². The van der Waals surface area contributed by atoms with Crippen LogP contribution in [-0.2, 0) is 11.3 Å². The molecule has 0 amide bonds. The predicted octanol–water partition coefficient (Wildman–Crippen LogP) is 0.921. The number of hydrogen-bond donors (Lipinski definition) is 1. The fourth-order valence-electron chi connectivity index (χ4n) is 1.38. The Morgan fingerprint density at radius 2 is 2.25 bits per heavy atom. The molecule has 0 aliphatic heterocycles. The molecule has 0 fully saturated rings. The van der Waals surface area contributed by atoms with Crippen LogP contribution in [-0.4, -0.2) is 39.4 Å². The summed E-state index contributed by atoms with van der Waals surface area (Å²) in [7, 11) is 0. The Labute approximate surface area is 94.2 Å². The summed E-state index contributed by atoms with van der Waals surface area (Å²) in [5.41, 5.74) is 1.51. The van der Waals surface area contributed by atoms with E-state index in [2.05, 4.69) is 14.9 Å². The van der Waals surface area contributed by atoms with Gasteiger partial charge in [-0.05, 0) is 13.5 Å². The first-order valence-electron chi connectivity index (χ1n) is 5.27. The molecule has 1 atom stereocenters. The Hall–Kier alpha value is -1.43. The number of carboxylic acid groups (broad SMARTS) is 1. The molecule has 0 saturated carbocycles. The van der Waals surface area contributed by atoms with E-state index in [0.717, 1.165) is 17.9 Å². The molecule has 1 heterocycles. The summed E-state index contributed by atoms with van der Waals surface area (Å²) in [6.07, 6.45) is 0. The minimum atomic E-state index is -0.784. The van der Waals surface area contributed by atoms with Crippen molar-refractivity contribution in [3.05, 3.63) is 11.4 Å². The highest BCUT2D eigenvalue weighted by Gasteiger charge is 2.17. The van der Waals surface area contributed by atoms with Gasteiger partial charge in [-0.1, -0.05) is 24.2 Å². The van der Waals surface area contributed by atoms with Crippen LogP contribution < -0.4 is 0 Å². The lowest BCUT2D eigenvalue weighted by Gasteiger charge is -2.21. The molecule has 0 radical (unpaired) electrons. The lowest BCUT2D eigenvalue weighted by Crippen LogP contribution is -2.31. The maximum atomic E-state index is 10.7. The molecule has 1 N–H and O–H groups in total. The maximum Gasteiger partial charge on any atom is 0.307 e. The molecular weight excluding hydrogens is 210 g/mol. The number of aryl methyl sites for hydroxylation is 1. The summed E-state index contributed by atoms with van der Waals surface area (Å²) in [4.78, 5) is 12.8. The van der Waals surface area contributed by atoms with Crippen molar-refractivity contribution >= 4 is 5.97 Å². The molecule has 0 spiro atoms. The largest absolute Gasteiger partial charge is 0.481 e. The van der Waals surface area contributed by atoms with Crippen molar-refractivity contribution in [3.8, 4) is 0 Å². The number of rotatable bonds is 6. The Kier molecular flexibility index (Phi) is 4.42. The highest BCUT2D eigenvalue weighted by atomic mass is 16.6. The summed E-state index contributed by atoms with van der Waals surface area (Å²) in [5.74, 6) is -1.17. The van der Waals surface area contributed by atoms with Crippen molar-refractivity contribution in [1.29, 1.82) is 0 Å². The van der Waals surface area contributed by atoms with Gasteiger partial charge in [0.2, 0.25) is 0 Å². The molecule has 6 heteroatoms. The van der Waals surface area contributed by atoms with Crippen molar-refractivity contribution in [1.82, 2.24) is 15.2 Å². The topological polar surface area (TPSA) is 79.5 Å². The van der Waals surface area contributed by atoms with Crippen LogP contribution in [0.5, 0.6) is 0 Å². The molecule has 0 bridgehead atoms. The third-order valence-corrected chi connectivity index (χ3v) is 2.52. The number of nitrogens with zero attached hydrogens (tertiary/aromatic N) is 3. The van der Waals surface area contributed by atoms with Gasteiger partial charge in [-0.2, -0.15) is 0 Å². The summed E-state index contributed by atoms with van der Waals surface area (Å²) in [6.45, 7) is 7.34. The number of carboxylic acids is 1. The van der Waals surface area contributed by atoms with Gasteiger partial charge in [-0.3, -0.25) is 9.69 Å². The number of hydrogen-bond acceptors (Lipinski definition) is 5. The van der Waals surface area contributed by atoms with E-state index in [0.29, 0.717) is 13.1 Å². The van der Waals surface area contributed by atoms with E-state index in [1.54, 1.807) is 6.92 Å². The lowest BCUT2D eigenvalue weighted by molar-refractivity contribution is -0.141. The first-order valence-corrected chi connectivity index (χ1v) is 5.27. The van der Waals surface area contributed by atoms with E-state index < -0.39 is 5.97 Å². The van der Waals surface area contributed by atoms with Gasteiger partial charge in [-0.15, -0.1) is 0 Å². The summed E-state index contributed by atoms with van der Waals surface area (Å²) >= 11 is 0. The average Bonchev–Trinajstić information content (AvgIpc) is 2.63. The second kappa shape index (κ2) is 5.60. The van der Waals surface area contributed by atoms with Gasteiger partial charge >= 0.3 is 5.97 Å². The standard InChI is InChI=1S/C10H17N3O3/c1-4-13(5-7(2)10(14)15)6-9-8(3)11-16-12-9/h7H,4-6H2,1-3H3,(H,14,15). The molecule has 1 aromatic rings. The van der Waals surface area contributed by atoms with E-state index in [9.17, 15) is 4.79 Å². The Balaban J connectivity index is 2.56. The van der Waals surface area contributed by atoms with Crippen molar-refractivity contribution < 1.29 is 14.5 Å². The average molecular weight is 227 g/mol. The molecular formula is C10H17N3O3. The second-order valence-electron chi connectivity index (χ2n) is 3.86. The van der Waals surface area contributed by atoms with E-state index in [1.165, 1.54) is 0 Å². The zero-order valence-corrected chi connectivity index (χ0v) is 9.80. The van der Waals surface area contributed by atoms with Gasteiger partial charge in [0.15, 0.2) is 0 Å². The van der Waals surface area contributed by atoms with Gasteiger partial charge in [0, 0.05) is 13.1 Å². The van der Waals surface area contributed by atoms with Gasteiger partial charge in [0.1, 0.15) is 11.4 Å². The normalized spacial score (nSPS) is 13.0. The molecule has 0 aliphatic rings. The SMILES string of the molecule is CCN(Cc1nonc1C)CC(C)C(=O)O. The van der Waals surface area contributed by atoms with Gasteiger partial charge < -0.3 is 5.11 Å². The predicted molar refractivity (Wildman–Crippen MR) is 56.8 cm³/mol. The van der Waals surface area contributed by atoms with Crippen molar-refractivity contribution in [2.24, 2.45) is 5.92 Å². The van der Waals surface area contributed by atoms with E-state index in [1.807, 2.05) is 18.7 Å². The van der Waals surface area contributed by atoms with Crippen LogP contribution in [0.3, 0.4) is 0 Å². The lowest BCUT2D eigenvalue weighted by atomic mass is 10.1. The highest BCUT2D eigenvalue weighted by molar-refractivity contribution is 5.69. The summed E-state index contributed by atoms with van der Waals surface area (Å²) < 4.78 is 4.60. The van der Waals surface area contributed by atoms with Crippen LogP contribution in [0, 0.1) is 12.8 Å². The van der Waals surface area contributed by atoms with E-state index in [4.69, 9.17) is 5.11 Å². The molecule has 0 aromatic carbocycles. The fraction of sp³-hybridized carbons (Fsp3) is 0.700. The minimum Gasteiger partial charge on any atom is -0.481 e. The number of aliphatic carboxylic acids is 1. The monoisotopic (exact) mass is 227 g/mol. The van der Waals surface area contributed by atoms with Gasteiger partial charge in [0.05, 0.1) is 5.92 Å². The molecule has 90 valence electrons. The smallest absolute Gasteiger partial charge is 0.307 e. The highest BCUT2D eigenvalue weighted by Crippen LogP contribution is 2.08. The van der Waals surface area contributed by atoms with Crippen molar-refractivity contribution in [2.45, 2.75) is 27.3 Å². The summed E-state index contributed by atoms with van der Waals surface area (Å²) in [6, 6.07) is 0. The van der Waals surface area contributed by atoms with Crippen LogP contribution in [0.25, 0.3) is 0 Å². The minimum absolute atomic E-state index is 0.389. The third-order valence-electron chi connectivity index (χ3n) is 2.52. The van der Waals surface area contributed by atoms with Gasteiger partial charge in [-0.25, -0.2) is 4.63 Å². The maximum absolute atomic E-state index is 10.7. The first kappa shape index (κ1) is 12.6. The zero-order chi connectivity index (χ0) is 12.1. The molecule has 1 rings (SSSR count). The van der Waals surface area contributed by atoms with Crippen LogP contribution >= 0.6 is 0 Å². The molecule has 16 heavy (non-hydrogen) atoms. The number of carbonyl (C=O) groups is 1. The van der Waals surface area contributed by atoms with Crippen molar-refractivity contribution in [2.75, 3.05) is 13.1 Å². The summed E-state index contributed by atoms with van der Waals surface area (Å²) in [5, 5.41) is 16.3. The Morgan fingerprint density at radius 3 is 2.69 bits per heavy atom.